The van der Waals surface area contributed by atoms with Crippen LogP contribution < -0.4 is 10.2 Å². The predicted molar refractivity (Wildman–Crippen MR) is 120 cm³/mol. The van der Waals surface area contributed by atoms with Gasteiger partial charge in [0, 0.05) is 29.2 Å². The number of carbonyl (C=O) groups is 2. The Balaban J connectivity index is 1.81. The van der Waals surface area contributed by atoms with Crippen molar-refractivity contribution in [3.63, 3.8) is 0 Å². The molecule has 146 valence electrons. The zero-order valence-electron chi connectivity index (χ0n) is 16.5. The third-order valence-electron chi connectivity index (χ3n) is 5.31. The van der Waals surface area contributed by atoms with E-state index in [1.165, 1.54) is 4.90 Å². The summed E-state index contributed by atoms with van der Waals surface area (Å²) in [6, 6.07) is 13.6. The van der Waals surface area contributed by atoms with Crippen molar-refractivity contribution in [3.8, 4) is 0 Å². The Kier molecular flexibility index (Phi) is 4.80. The van der Waals surface area contributed by atoms with Crippen LogP contribution in [0.1, 0.15) is 23.6 Å². The van der Waals surface area contributed by atoms with Gasteiger partial charge in [0.1, 0.15) is 5.57 Å². The van der Waals surface area contributed by atoms with Gasteiger partial charge in [-0.2, -0.15) is 0 Å². The first kappa shape index (κ1) is 19.1. The fraction of sp³-hybridized carbons (Fsp3) is 0.174. The molecule has 0 saturated carbocycles. The van der Waals surface area contributed by atoms with E-state index in [0.29, 0.717) is 5.69 Å². The Morgan fingerprint density at radius 3 is 2.55 bits per heavy atom. The van der Waals surface area contributed by atoms with Gasteiger partial charge in [0.25, 0.3) is 11.8 Å². The van der Waals surface area contributed by atoms with Gasteiger partial charge in [0.2, 0.25) is 0 Å². The molecule has 2 amide bonds. The SMILES string of the molecule is CCn1cc(/C=C2\C(=O)NC(=S)N(c3ccc(C)c(C)c3)C2=O)c2ccccc21. The lowest BCUT2D eigenvalue weighted by Gasteiger charge is -2.29. The van der Waals surface area contributed by atoms with Gasteiger partial charge in [-0.05, 0) is 68.4 Å². The molecule has 4 rings (SSSR count). The number of hydrogen-bond donors (Lipinski definition) is 1. The number of anilines is 1. The molecule has 1 aliphatic heterocycles. The van der Waals surface area contributed by atoms with Crippen LogP contribution in [0, 0.1) is 13.8 Å². The van der Waals surface area contributed by atoms with E-state index in [4.69, 9.17) is 12.2 Å². The normalized spacial score (nSPS) is 16.0. The zero-order valence-corrected chi connectivity index (χ0v) is 17.3. The van der Waals surface area contributed by atoms with Crippen LogP contribution in [0.25, 0.3) is 17.0 Å². The Morgan fingerprint density at radius 1 is 1.07 bits per heavy atom. The topological polar surface area (TPSA) is 54.3 Å². The molecule has 0 spiro atoms. The fourth-order valence-corrected chi connectivity index (χ4v) is 3.84. The summed E-state index contributed by atoms with van der Waals surface area (Å²) < 4.78 is 2.10. The van der Waals surface area contributed by atoms with E-state index in [1.54, 1.807) is 6.08 Å². The van der Waals surface area contributed by atoms with Gasteiger partial charge < -0.3 is 4.57 Å². The average molecular weight is 404 g/mol. The van der Waals surface area contributed by atoms with Gasteiger partial charge in [-0.25, -0.2) is 0 Å². The van der Waals surface area contributed by atoms with E-state index < -0.39 is 11.8 Å². The number of nitrogens with one attached hydrogen (secondary N) is 1. The first-order chi connectivity index (χ1) is 13.9. The largest absolute Gasteiger partial charge is 0.347 e. The van der Waals surface area contributed by atoms with Crippen LogP contribution in [-0.2, 0) is 16.1 Å². The molecule has 2 heterocycles. The zero-order chi connectivity index (χ0) is 20.7. The van der Waals surface area contributed by atoms with Crippen molar-refractivity contribution in [2.45, 2.75) is 27.3 Å². The van der Waals surface area contributed by atoms with Crippen LogP contribution in [0.15, 0.2) is 54.2 Å². The summed E-state index contributed by atoms with van der Waals surface area (Å²) in [4.78, 5) is 27.3. The van der Waals surface area contributed by atoms with Crippen molar-refractivity contribution >= 4 is 51.8 Å². The predicted octanol–water partition coefficient (Wildman–Crippen LogP) is 4.11. The highest BCUT2D eigenvalue weighted by Crippen LogP contribution is 2.27. The summed E-state index contributed by atoms with van der Waals surface area (Å²) in [5.74, 6) is -0.899. The number of amides is 2. The molecule has 1 N–H and O–H groups in total. The lowest BCUT2D eigenvalue weighted by atomic mass is 10.0. The number of thiocarbonyl (C=S) groups is 1. The molecule has 5 nitrogen and oxygen atoms in total. The van der Waals surface area contributed by atoms with Crippen molar-refractivity contribution in [1.82, 2.24) is 9.88 Å². The molecule has 0 aliphatic carbocycles. The number of aromatic nitrogens is 1. The lowest BCUT2D eigenvalue weighted by Crippen LogP contribution is -2.54. The minimum Gasteiger partial charge on any atom is -0.347 e. The molecule has 1 aliphatic rings. The molecule has 1 aromatic heterocycles. The Bertz CT molecular complexity index is 1210. The van der Waals surface area contributed by atoms with Gasteiger partial charge >= 0.3 is 0 Å². The second-order valence-electron chi connectivity index (χ2n) is 7.11. The number of fused-ring (bicyclic) bond motifs is 1. The van der Waals surface area contributed by atoms with Crippen molar-refractivity contribution in [2.75, 3.05) is 4.90 Å². The maximum absolute atomic E-state index is 13.3. The average Bonchev–Trinajstić information content (AvgIpc) is 3.05. The summed E-state index contributed by atoms with van der Waals surface area (Å²) >= 11 is 5.30. The molecule has 0 radical (unpaired) electrons. The van der Waals surface area contributed by atoms with Crippen LogP contribution in [0.4, 0.5) is 5.69 Å². The highest BCUT2D eigenvalue weighted by Gasteiger charge is 2.34. The minimum atomic E-state index is -0.478. The van der Waals surface area contributed by atoms with Crippen LogP contribution in [0.3, 0.4) is 0 Å². The van der Waals surface area contributed by atoms with Crippen molar-refractivity contribution in [1.29, 1.82) is 0 Å². The van der Waals surface area contributed by atoms with E-state index in [9.17, 15) is 9.59 Å². The Hall–Kier alpha value is -3.25. The second kappa shape index (κ2) is 7.29. The standard InChI is InChI=1S/C23H21N3O2S/c1-4-25-13-16(18-7-5-6-8-20(18)25)12-19-21(27)24-23(29)26(22(19)28)17-10-9-14(2)15(3)11-17/h5-13H,4H2,1-3H3,(H,24,27,29)/b19-12+. The fourth-order valence-electron chi connectivity index (χ4n) is 3.56. The first-order valence-corrected chi connectivity index (χ1v) is 9.88. The molecule has 2 aromatic carbocycles. The summed E-state index contributed by atoms with van der Waals surface area (Å²) in [6.07, 6.45) is 3.62. The highest BCUT2D eigenvalue weighted by molar-refractivity contribution is 7.80. The van der Waals surface area contributed by atoms with E-state index in [2.05, 4.69) is 16.8 Å². The van der Waals surface area contributed by atoms with Crippen LogP contribution in [-0.4, -0.2) is 21.5 Å². The maximum Gasteiger partial charge on any atom is 0.270 e. The summed E-state index contributed by atoms with van der Waals surface area (Å²) in [6.45, 7) is 6.84. The third-order valence-corrected chi connectivity index (χ3v) is 5.59. The number of rotatable bonds is 3. The maximum atomic E-state index is 13.3. The lowest BCUT2D eigenvalue weighted by molar-refractivity contribution is -0.122. The van der Waals surface area contributed by atoms with Gasteiger partial charge in [-0.1, -0.05) is 24.3 Å². The molecule has 0 unspecified atom stereocenters. The first-order valence-electron chi connectivity index (χ1n) is 9.47. The monoisotopic (exact) mass is 403 g/mol. The van der Waals surface area contributed by atoms with Gasteiger partial charge in [0.15, 0.2) is 5.11 Å². The Labute approximate surface area is 174 Å². The number of hydrogen-bond acceptors (Lipinski definition) is 3. The Morgan fingerprint density at radius 2 is 1.83 bits per heavy atom. The van der Waals surface area contributed by atoms with E-state index in [1.807, 2.05) is 62.5 Å². The minimum absolute atomic E-state index is 0.0656. The molecule has 0 atom stereocenters. The molecule has 29 heavy (non-hydrogen) atoms. The number of benzene rings is 2. The number of nitrogens with zero attached hydrogens (tertiary/aromatic N) is 2. The summed E-state index contributed by atoms with van der Waals surface area (Å²) in [5.41, 5.74) is 4.77. The molecular formula is C23H21N3O2S. The summed E-state index contributed by atoms with van der Waals surface area (Å²) in [5, 5.41) is 3.74. The van der Waals surface area contributed by atoms with Crippen LogP contribution in [0.5, 0.6) is 0 Å². The molecule has 1 fully saturated rings. The molecule has 6 heteroatoms. The van der Waals surface area contributed by atoms with E-state index >= 15 is 0 Å². The van der Waals surface area contributed by atoms with E-state index in [-0.39, 0.29) is 10.7 Å². The van der Waals surface area contributed by atoms with Gasteiger partial charge in [-0.3, -0.25) is 19.8 Å². The quantitative estimate of drug-likeness (QED) is 0.407. The van der Waals surface area contributed by atoms with Crippen LogP contribution in [0.2, 0.25) is 0 Å². The third kappa shape index (κ3) is 3.25. The highest BCUT2D eigenvalue weighted by atomic mass is 32.1. The van der Waals surface area contributed by atoms with E-state index in [0.717, 1.165) is 34.1 Å². The number of carbonyl (C=O) groups excluding carboxylic acids is 2. The van der Waals surface area contributed by atoms with Crippen molar-refractivity contribution < 1.29 is 9.59 Å². The van der Waals surface area contributed by atoms with Gasteiger partial charge in [0.05, 0.1) is 5.69 Å². The van der Waals surface area contributed by atoms with Crippen LogP contribution >= 0.6 is 12.2 Å². The number of para-hydroxylation sites is 1. The van der Waals surface area contributed by atoms with Crippen molar-refractivity contribution in [3.05, 3.63) is 70.9 Å². The second-order valence-corrected chi connectivity index (χ2v) is 7.50. The number of aryl methyl sites for hydroxylation is 3. The smallest absolute Gasteiger partial charge is 0.270 e. The molecular weight excluding hydrogens is 382 g/mol. The van der Waals surface area contributed by atoms with Gasteiger partial charge in [-0.15, -0.1) is 0 Å². The molecule has 3 aromatic rings. The molecule has 0 bridgehead atoms. The van der Waals surface area contributed by atoms with Crippen molar-refractivity contribution in [2.24, 2.45) is 0 Å². The molecule has 1 saturated heterocycles. The summed E-state index contributed by atoms with van der Waals surface area (Å²) in [7, 11) is 0.